The Morgan fingerprint density at radius 2 is 2.06 bits per heavy atom. The molecule has 0 heterocycles. The van der Waals surface area contributed by atoms with Crippen LogP contribution in [0.1, 0.15) is 19.4 Å². The number of nitrogens with zero attached hydrogens (tertiary/aromatic N) is 1. The Morgan fingerprint density at radius 1 is 1.35 bits per heavy atom. The van der Waals surface area contributed by atoms with E-state index in [1.807, 2.05) is 6.07 Å². The molecule has 3 nitrogen and oxygen atoms in total. The van der Waals surface area contributed by atoms with Gasteiger partial charge in [-0.05, 0) is 37.6 Å². The van der Waals surface area contributed by atoms with Crippen LogP contribution >= 0.6 is 0 Å². The number of anilines is 1. The molecule has 1 rings (SSSR count). The predicted octanol–water partition coefficient (Wildman–Crippen LogP) is 2.15. The molecule has 1 aromatic rings. The third kappa shape index (κ3) is 3.98. The highest BCUT2D eigenvalue weighted by molar-refractivity contribution is 5.49. The highest BCUT2D eigenvalue weighted by Crippen LogP contribution is 2.20. The fraction of sp³-hybridized carbons (Fsp3) is 0.538. The number of nitrogens with two attached hydrogens (primary N) is 1. The van der Waals surface area contributed by atoms with Crippen LogP contribution in [0.25, 0.3) is 0 Å². The average Bonchev–Trinajstić information content (AvgIpc) is 2.28. The molecular weight excluding hydrogens is 219 g/mol. The summed E-state index contributed by atoms with van der Waals surface area (Å²) in [5, 5.41) is 0. The van der Waals surface area contributed by atoms with Gasteiger partial charge in [0.2, 0.25) is 0 Å². The molecule has 17 heavy (non-hydrogen) atoms. The van der Waals surface area contributed by atoms with Gasteiger partial charge in [-0.1, -0.05) is 0 Å². The van der Waals surface area contributed by atoms with Crippen LogP contribution in [0.2, 0.25) is 0 Å². The first-order chi connectivity index (χ1) is 8.08. The molecule has 0 saturated heterocycles. The van der Waals surface area contributed by atoms with Crippen LogP contribution in [0.5, 0.6) is 0 Å². The van der Waals surface area contributed by atoms with Crippen LogP contribution in [0.4, 0.5) is 10.1 Å². The van der Waals surface area contributed by atoms with Crippen molar-refractivity contribution in [2.45, 2.75) is 26.4 Å². The van der Waals surface area contributed by atoms with Gasteiger partial charge in [-0.3, -0.25) is 0 Å². The lowest BCUT2D eigenvalue weighted by atomic mass is 10.1. The highest BCUT2D eigenvalue weighted by atomic mass is 19.1. The second-order valence-electron chi connectivity index (χ2n) is 4.30. The van der Waals surface area contributed by atoms with Crippen molar-refractivity contribution in [3.63, 3.8) is 0 Å². The second-order valence-corrected chi connectivity index (χ2v) is 4.30. The maximum atomic E-state index is 13.4. The molecule has 1 aromatic carbocycles. The average molecular weight is 240 g/mol. The summed E-state index contributed by atoms with van der Waals surface area (Å²) in [6, 6.07) is 5.23. The SMILES string of the molecule is COCCN(c1cc(F)cc(CN)c1)C(C)C. The molecule has 0 aliphatic heterocycles. The Balaban J connectivity index is 2.96. The fourth-order valence-electron chi connectivity index (χ4n) is 1.79. The van der Waals surface area contributed by atoms with Crippen molar-refractivity contribution in [2.24, 2.45) is 5.73 Å². The van der Waals surface area contributed by atoms with E-state index in [-0.39, 0.29) is 11.9 Å². The van der Waals surface area contributed by atoms with Gasteiger partial charge in [-0.15, -0.1) is 0 Å². The minimum atomic E-state index is -0.244. The summed E-state index contributed by atoms with van der Waals surface area (Å²) >= 11 is 0. The van der Waals surface area contributed by atoms with Gasteiger partial charge in [-0.25, -0.2) is 4.39 Å². The van der Waals surface area contributed by atoms with Gasteiger partial charge in [0, 0.05) is 31.9 Å². The van der Waals surface area contributed by atoms with E-state index in [0.717, 1.165) is 17.8 Å². The molecule has 0 fully saturated rings. The Labute approximate surface area is 102 Å². The van der Waals surface area contributed by atoms with E-state index in [1.165, 1.54) is 12.1 Å². The number of methoxy groups -OCH3 is 1. The molecule has 0 bridgehead atoms. The molecule has 0 amide bonds. The monoisotopic (exact) mass is 240 g/mol. The van der Waals surface area contributed by atoms with E-state index < -0.39 is 0 Å². The van der Waals surface area contributed by atoms with Crippen molar-refractivity contribution in [1.29, 1.82) is 0 Å². The summed E-state index contributed by atoms with van der Waals surface area (Å²) in [6.07, 6.45) is 0. The zero-order chi connectivity index (χ0) is 12.8. The van der Waals surface area contributed by atoms with E-state index in [1.54, 1.807) is 7.11 Å². The standard InChI is InChI=1S/C13H21FN2O/c1-10(2)16(4-5-17-3)13-7-11(9-15)6-12(14)8-13/h6-8,10H,4-5,9,15H2,1-3H3. The summed E-state index contributed by atoms with van der Waals surface area (Å²) in [4.78, 5) is 2.10. The topological polar surface area (TPSA) is 38.5 Å². The number of halogens is 1. The summed E-state index contributed by atoms with van der Waals surface area (Å²) in [5.74, 6) is -0.244. The molecule has 0 radical (unpaired) electrons. The lowest BCUT2D eigenvalue weighted by Crippen LogP contribution is -2.34. The quantitative estimate of drug-likeness (QED) is 0.828. The van der Waals surface area contributed by atoms with Crippen LogP contribution in [0.15, 0.2) is 18.2 Å². The van der Waals surface area contributed by atoms with Crippen LogP contribution in [0.3, 0.4) is 0 Å². The first-order valence-electron chi connectivity index (χ1n) is 5.83. The third-order valence-electron chi connectivity index (χ3n) is 2.67. The molecular formula is C13H21FN2O. The molecule has 0 atom stereocenters. The smallest absolute Gasteiger partial charge is 0.125 e. The van der Waals surface area contributed by atoms with E-state index in [9.17, 15) is 4.39 Å². The Morgan fingerprint density at radius 3 is 2.59 bits per heavy atom. The molecule has 0 aliphatic carbocycles. The first-order valence-corrected chi connectivity index (χ1v) is 5.83. The number of ether oxygens (including phenoxy) is 1. The lowest BCUT2D eigenvalue weighted by molar-refractivity contribution is 0.204. The number of hydrogen-bond acceptors (Lipinski definition) is 3. The first kappa shape index (κ1) is 13.9. The predicted molar refractivity (Wildman–Crippen MR) is 68.6 cm³/mol. The van der Waals surface area contributed by atoms with Crippen LogP contribution in [-0.2, 0) is 11.3 Å². The number of benzene rings is 1. The van der Waals surface area contributed by atoms with Crippen molar-refractivity contribution < 1.29 is 9.13 Å². The Bertz CT molecular complexity index is 355. The van der Waals surface area contributed by atoms with E-state index in [2.05, 4.69) is 18.7 Å². The molecule has 0 unspecified atom stereocenters. The molecule has 0 aliphatic rings. The maximum absolute atomic E-state index is 13.4. The minimum Gasteiger partial charge on any atom is -0.383 e. The second kappa shape index (κ2) is 6.57. The zero-order valence-electron chi connectivity index (χ0n) is 10.7. The van der Waals surface area contributed by atoms with Crippen molar-refractivity contribution in [3.8, 4) is 0 Å². The van der Waals surface area contributed by atoms with Gasteiger partial charge in [0.15, 0.2) is 0 Å². The summed E-state index contributed by atoms with van der Waals surface area (Å²) < 4.78 is 18.5. The highest BCUT2D eigenvalue weighted by Gasteiger charge is 2.12. The van der Waals surface area contributed by atoms with E-state index in [4.69, 9.17) is 10.5 Å². The van der Waals surface area contributed by atoms with Gasteiger partial charge in [0.1, 0.15) is 5.82 Å². The molecule has 0 saturated carbocycles. The molecule has 0 aromatic heterocycles. The number of hydrogen-bond donors (Lipinski definition) is 1. The Hall–Kier alpha value is -1.13. The minimum absolute atomic E-state index is 0.244. The summed E-state index contributed by atoms with van der Waals surface area (Å²) in [6.45, 7) is 5.85. The molecule has 4 heteroatoms. The summed E-state index contributed by atoms with van der Waals surface area (Å²) in [5.41, 5.74) is 7.22. The van der Waals surface area contributed by atoms with Crippen LogP contribution in [-0.4, -0.2) is 26.3 Å². The summed E-state index contributed by atoms with van der Waals surface area (Å²) in [7, 11) is 1.66. The van der Waals surface area contributed by atoms with E-state index in [0.29, 0.717) is 13.2 Å². The fourth-order valence-corrected chi connectivity index (χ4v) is 1.79. The Kier molecular flexibility index (Phi) is 5.38. The number of rotatable bonds is 6. The van der Waals surface area contributed by atoms with E-state index >= 15 is 0 Å². The molecule has 0 spiro atoms. The van der Waals surface area contributed by atoms with Crippen molar-refractivity contribution in [2.75, 3.05) is 25.2 Å². The molecule has 2 N–H and O–H groups in total. The van der Waals surface area contributed by atoms with Crippen LogP contribution < -0.4 is 10.6 Å². The zero-order valence-corrected chi connectivity index (χ0v) is 10.7. The normalized spacial score (nSPS) is 10.9. The van der Waals surface area contributed by atoms with Gasteiger partial charge in [0.25, 0.3) is 0 Å². The van der Waals surface area contributed by atoms with Crippen molar-refractivity contribution in [1.82, 2.24) is 0 Å². The van der Waals surface area contributed by atoms with Gasteiger partial charge >= 0.3 is 0 Å². The third-order valence-corrected chi connectivity index (χ3v) is 2.67. The van der Waals surface area contributed by atoms with Crippen molar-refractivity contribution >= 4 is 5.69 Å². The van der Waals surface area contributed by atoms with Gasteiger partial charge in [-0.2, -0.15) is 0 Å². The molecule has 96 valence electrons. The lowest BCUT2D eigenvalue weighted by Gasteiger charge is -2.29. The van der Waals surface area contributed by atoms with Gasteiger partial charge in [0.05, 0.1) is 6.61 Å². The maximum Gasteiger partial charge on any atom is 0.125 e. The van der Waals surface area contributed by atoms with Crippen molar-refractivity contribution in [3.05, 3.63) is 29.6 Å². The largest absolute Gasteiger partial charge is 0.383 e. The van der Waals surface area contributed by atoms with Gasteiger partial charge < -0.3 is 15.4 Å². The van der Waals surface area contributed by atoms with Crippen LogP contribution in [0, 0.1) is 5.82 Å².